The zero-order chi connectivity index (χ0) is 41.1. The van der Waals surface area contributed by atoms with Crippen LogP contribution in [0.25, 0.3) is 65.8 Å². The number of hydrogen-bond donors (Lipinski definition) is 0. The van der Waals surface area contributed by atoms with Gasteiger partial charge < -0.3 is 0 Å². The summed E-state index contributed by atoms with van der Waals surface area (Å²) in [6.07, 6.45) is 7.91. The van der Waals surface area contributed by atoms with E-state index in [0.717, 1.165) is 40.1 Å². The molecule has 0 heterocycles. The number of aliphatic imine (C=N–C) groups is 1. The molecule has 0 fully saturated rings. The monoisotopic (exact) mass is 771 g/mol. The maximum Gasteiger partial charge on any atom is 0.0743 e. The Balaban J connectivity index is 1.06. The summed E-state index contributed by atoms with van der Waals surface area (Å²) in [5.74, 6) is 0.375. The number of allylic oxidation sites excluding steroid dienone is 6. The minimum Gasteiger partial charge on any atom is -0.252 e. The van der Waals surface area contributed by atoms with Gasteiger partial charge in [-0.05, 0) is 133 Å². The molecule has 1 nitrogen and oxygen atoms in total. The maximum absolute atomic E-state index is 5.61. The summed E-state index contributed by atoms with van der Waals surface area (Å²) in [7, 11) is 0. The average Bonchev–Trinajstić information content (AvgIpc) is 3.53. The predicted octanol–water partition coefficient (Wildman–Crippen LogP) is 16.0. The minimum absolute atomic E-state index is 0.0154. The number of hydrogen-bond acceptors (Lipinski definition) is 1. The molecule has 1 atom stereocenters. The molecular formula is C59H49N. The highest BCUT2D eigenvalue weighted by atomic mass is 14.8. The summed E-state index contributed by atoms with van der Waals surface area (Å²) >= 11 is 0. The van der Waals surface area contributed by atoms with Crippen LogP contribution in [0.5, 0.6) is 0 Å². The van der Waals surface area contributed by atoms with Crippen LogP contribution in [-0.2, 0) is 5.41 Å². The van der Waals surface area contributed by atoms with Crippen molar-refractivity contribution < 1.29 is 0 Å². The molecule has 0 saturated carbocycles. The highest BCUT2D eigenvalue weighted by Crippen LogP contribution is 2.54. The topological polar surface area (TPSA) is 12.4 Å². The van der Waals surface area contributed by atoms with Gasteiger partial charge in [-0.15, -0.1) is 0 Å². The van der Waals surface area contributed by atoms with E-state index in [1.807, 2.05) is 0 Å². The number of rotatable bonds is 7. The second-order valence-electron chi connectivity index (χ2n) is 17.2. The quantitative estimate of drug-likeness (QED) is 0.0869. The van der Waals surface area contributed by atoms with E-state index >= 15 is 0 Å². The predicted molar refractivity (Wildman–Crippen MR) is 259 cm³/mol. The first kappa shape index (κ1) is 37.4. The molecular weight excluding hydrogens is 723 g/mol. The van der Waals surface area contributed by atoms with Crippen molar-refractivity contribution in [2.24, 2.45) is 4.99 Å². The Hall–Kier alpha value is -6.83. The van der Waals surface area contributed by atoms with E-state index in [1.54, 1.807) is 0 Å². The Morgan fingerprint density at radius 2 is 1.17 bits per heavy atom. The smallest absolute Gasteiger partial charge is 0.0743 e. The molecule has 0 aromatic heterocycles. The van der Waals surface area contributed by atoms with Crippen LogP contribution in [-0.4, -0.2) is 5.71 Å². The van der Waals surface area contributed by atoms with Crippen molar-refractivity contribution in [2.75, 3.05) is 0 Å². The van der Waals surface area contributed by atoms with Gasteiger partial charge in [0.1, 0.15) is 0 Å². The van der Waals surface area contributed by atoms with Crippen LogP contribution in [0.2, 0.25) is 0 Å². The number of aryl methyl sites for hydroxylation is 1. The third kappa shape index (κ3) is 6.20. The average molecular weight is 772 g/mol. The van der Waals surface area contributed by atoms with E-state index in [2.05, 4.69) is 217 Å². The lowest BCUT2D eigenvalue weighted by molar-refractivity contribution is 0.612. The van der Waals surface area contributed by atoms with Crippen molar-refractivity contribution in [1.29, 1.82) is 0 Å². The van der Waals surface area contributed by atoms with Gasteiger partial charge in [-0.3, -0.25) is 4.99 Å². The molecule has 0 amide bonds. The van der Waals surface area contributed by atoms with E-state index < -0.39 is 0 Å². The SMILES string of the molecule is C=C(/C(C)=C(\N=C(C)c1cccc2c1C1CC=CC=C1C2(C)C)c1ccc(-c2cccc(-c3ccc4c5ccccc5c5ccccc5c4c3)c2)cc1C)c1ccccc1. The molecule has 0 aliphatic heterocycles. The molecule has 0 bridgehead atoms. The molecule has 1 heteroatoms. The van der Waals surface area contributed by atoms with E-state index in [0.29, 0.717) is 5.92 Å². The molecule has 10 rings (SSSR count). The van der Waals surface area contributed by atoms with Crippen LogP contribution in [0.3, 0.4) is 0 Å². The van der Waals surface area contributed by atoms with Crippen molar-refractivity contribution in [3.8, 4) is 22.3 Å². The van der Waals surface area contributed by atoms with E-state index in [1.165, 1.54) is 82.4 Å². The number of fused-ring (bicyclic) bond motifs is 9. The molecule has 2 aliphatic carbocycles. The van der Waals surface area contributed by atoms with Gasteiger partial charge in [-0.2, -0.15) is 0 Å². The van der Waals surface area contributed by atoms with Gasteiger partial charge >= 0.3 is 0 Å². The minimum atomic E-state index is -0.0154. The summed E-state index contributed by atoms with van der Waals surface area (Å²) < 4.78 is 0. The fourth-order valence-electron chi connectivity index (χ4n) is 10.2. The third-order valence-corrected chi connectivity index (χ3v) is 13.4. The lowest BCUT2D eigenvalue weighted by Gasteiger charge is -2.25. The molecule has 8 aromatic rings. The number of nitrogens with zero attached hydrogens (tertiary/aromatic N) is 1. The molecule has 0 N–H and O–H groups in total. The zero-order valence-electron chi connectivity index (χ0n) is 35.2. The summed E-state index contributed by atoms with van der Waals surface area (Å²) in [5, 5.41) is 7.75. The Bertz CT molecular complexity index is 3150. The number of benzene rings is 8. The lowest BCUT2D eigenvalue weighted by atomic mass is 9.79. The molecule has 8 aromatic carbocycles. The van der Waals surface area contributed by atoms with Crippen molar-refractivity contribution >= 4 is 49.3 Å². The van der Waals surface area contributed by atoms with Crippen LogP contribution in [0, 0.1) is 6.92 Å². The lowest BCUT2D eigenvalue weighted by Crippen LogP contribution is -2.17. The molecule has 290 valence electrons. The van der Waals surface area contributed by atoms with Gasteiger partial charge in [0.2, 0.25) is 0 Å². The van der Waals surface area contributed by atoms with Crippen LogP contribution in [0.15, 0.2) is 199 Å². The molecule has 0 spiro atoms. The highest BCUT2D eigenvalue weighted by Gasteiger charge is 2.42. The summed E-state index contributed by atoms with van der Waals surface area (Å²) in [5.41, 5.74) is 17.8. The van der Waals surface area contributed by atoms with E-state index in [9.17, 15) is 0 Å². The standard InChI is InChI=1S/C59H49N/c1-37-34-44(42-20-16-21-43(35-42)45-31-33-52-50-24-11-10-22-48(50)49-23-12-13-25-51(49)54(52)36-45)30-32-46(37)58(39(3)38(2)41-18-8-7-9-19-41)60-40(4)47-27-17-29-56-57(47)53-26-14-15-28-55(53)59(56,5)6/h7-25,27-36,53H,2,26H2,1,3-6H3/b58-39-,60-40?. The third-order valence-electron chi connectivity index (χ3n) is 13.4. The Morgan fingerprint density at radius 3 is 1.85 bits per heavy atom. The van der Waals surface area contributed by atoms with E-state index in [-0.39, 0.29) is 5.41 Å². The van der Waals surface area contributed by atoms with E-state index in [4.69, 9.17) is 4.99 Å². The fourth-order valence-corrected chi connectivity index (χ4v) is 10.2. The second-order valence-corrected chi connectivity index (χ2v) is 17.2. The molecule has 1 unspecified atom stereocenters. The van der Waals surface area contributed by atoms with Gasteiger partial charge in [-0.25, -0.2) is 0 Å². The Morgan fingerprint density at radius 1 is 0.583 bits per heavy atom. The fraction of sp³-hybridized carbons (Fsp3) is 0.136. The first-order chi connectivity index (χ1) is 29.2. The van der Waals surface area contributed by atoms with Crippen LogP contribution >= 0.6 is 0 Å². The first-order valence-corrected chi connectivity index (χ1v) is 21.3. The van der Waals surface area contributed by atoms with Crippen LogP contribution in [0.1, 0.15) is 73.4 Å². The van der Waals surface area contributed by atoms with Gasteiger partial charge in [-0.1, -0.05) is 190 Å². The Labute approximate surface area is 354 Å². The van der Waals surface area contributed by atoms with Gasteiger partial charge in [0.05, 0.1) is 5.70 Å². The second kappa shape index (κ2) is 14.8. The van der Waals surface area contributed by atoms with Gasteiger partial charge in [0.25, 0.3) is 0 Å². The van der Waals surface area contributed by atoms with Crippen molar-refractivity contribution in [2.45, 2.75) is 52.4 Å². The van der Waals surface area contributed by atoms with Crippen molar-refractivity contribution in [1.82, 2.24) is 0 Å². The molecule has 0 radical (unpaired) electrons. The normalized spacial score (nSPS) is 16.1. The molecule has 0 saturated heterocycles. The maximum atomic E-state index is 5.61. The summed E-state index contributed by atoms with van der Waals surface area (Å²) in [4.78, 5) is 5.61. The summed E-state index contributed by atoms with van der Waals surface area (Å²) in [6, 6.07) is 57.7. The van der Waals surface area contributed by atoms with Crippen molar-refractivity contribution in [3.05, 3.63) is 227 Å². The first-order valence-electron chi connectivity index (χ1n) is 21.3. The molecule has 60 heavy (non-hydrogen) atoms. The summed E-state index contributed by atoms with van der Waals surface area (Å²) in [6.45, 7) is 16.0. The van der Waals surface area contributed by atoms with Gasteiger partial charge in [0.15, 0.2) is 0 Å². The Kier molecular flexibility index (Phi) is 9.22. The largest absolute Gasteiger partial charge is 0.252 e. The zero-order valence-corrected chi connectivity index (χ0v) is 35.2. The van der Waals surface area contributed by atoms with Crippen LogP contribution < -0.4 is 0 Å². The van der Waals surface area contributed by atoms with Crippen molar-refractivity contribution in [3.63, 3.8) is 0 Å². The highest BCUT2D eigenvalue weighted by molar-refractivity contribution is 6.25. The van der Waals surface area contributed by atoms with Gasteiger partial charge in [0, 0.05) is 22.6 Å². The molecule has 2 aliphatic rings. The van der Waals surface area contributed by atoms with Crippen LogP contribution in [0.4, 0.5) is 0 Å².